The van der Waals surface area contributed by atoms with Crippen molar-refractivity contribution >= 4 is 11.6 Å². The van der Waals surface area contributed by atoms with E-state index >= 15 is 0 Å². The van der Waals surface area contributed by atoms with Crippen molar-refractivity contribution < 1.29 is 13.9 Å². The summed E-state index contributed by atoms with van der Waals surface area (Å²) in [5, 5.41) is 3.40. The van der Waals surface area contributed by atoms with Crippen molar-refractivity contribution in [2.75, 3.05) is 18.4 Å². The monoisotopic (exact) mass is 357 g/mol. The van der Waals surface area contributed by atoms with Crippen molar-refractivity contribution in [2.45, 2.75) is 38.8 Å². The van der Waals surface area contributed by atoms with E-state index in [0.29, 0.717) is 24.5 Å². The number of amides is 1. The number of halogens is 1. The summed E-state index contributed by atoms with van der Waals surface area (Å²) in [7, 11) is 0. The topological polar surface area (TPSA) is 54.5 Å². The van der Waals surface area contributed by atoms with Crippen LogP contribution in [0.2, 0.25) is 0 Å². The Bertz CT molecular complexity index is 724. The van der Waals surface area contributed by atoms with Gasteiger partial charge >= 0.3 is 0 Å². The number of carbonyl (C=O) groups is 1. The Balaban J connectivity index is 1.52. The van der Waals surface area contributed by atoms with Crippen molar-refractivity contribution in [2.24, 2.45) is 0 Å². The van der Waals surface area contributed by atoms with E-state index in [1.807, 2.05) is 18.7 Å². The second kappa shape index (κ2) is 8.17. The summed E-state index contributed by atoms with van der Waals surface area (Å²) in [5.41, 5.74) is 1.48. The highest BCUT2D eigenvalue weighted by molar-refractivity contribution is 5.94. The van der Waals surface area contributed by atoms with Crippen LogP contribution in [0.3, 0.4) is 0 Å². The highest BCUT2D eigenvalue weighted by atomic mass is 19.1. The molecule has 1 fully saturated rings. The molecule has 1 aromatic carbocycles. The zero-order chi connectivity index (χ0) is 18.5. The first-order valence-electron chi connectivity index (χ1n) is 8.95. The highest BCUT2D eigenvalue weighted by Crippen LogP contribution is 2.19. The third-order valence-corrected chi connectivity index (χ3v) is 4.34. The molecule has 26 heavy (non-hydrogen) atoms. The maximum atomic E-state index is 13.0. The van der Waals surface area contributed by atoms with E-state index in [1.54, 1.807) is 30.5 Å². The minimum absolute atomic E-state index is 0.00571. The molecular weight excluding hydrogens is 333 g/mol. The molecule has 2 heterocycles. The molecule has 1 saturated heterocycles. The lowest BCUT2D eigenvalue weighted by atomic mass is 10.0. The predicted octanol–water partition coefficient (Wildman–Crippen LogP) is 3.72. The molecule has 0 bridgehead atoms. The lowest BCUT2D eigenvalue weighted by molar-refractivity contribution is 0.0718. The smallest absolute Gasteiger partial charge is 0.255 e. The average molecular weight is 357 g/mol. The number of rotatable bonds is 5. The molecule has 0 saturated carbocycles. The quantitative estimate of drug-likeness (QED) is 0.886. The van der Waals surface area contributed by atoms with E-state index in [1.165, 1.54) is 12.1 Å². The van der Waals surface area contributed by atoms with Gasteiger partial charge in [0.2, 0.25) is 5.88 Å². The molecule has 0 radical (unpaired) electrons. The number of hydrogen-bond donors (Lipinski definition) is 1. The fraction of sp³-hybridized carbons (Fsp3) is 0.400. The fourth-order valence-corrected chi connectivity index (χ4v) is 3.01. The molecule has 1 aromatic heterocycles. The van der Waals surface area contributed by atoms with E-state index in [4.69, 9.17) is 4.74 Å². The van der Waals surface area contributed by atoms with E-state index < -0.39 is 0 Å². The predicted molar refractivity (Wildman–Crippen MR) is 98.9 cm³/mol. The lowest BCUT2D eigenvalue weighted by Crippen LogP contribution is -2.42. The molecule has 5 nitrogen and oxygen atoms in total. The first-order valence-corrected chi connectivity index (χ1v) is 8.95. The molecule has 2 aromatic rings. The molecule has 0 unspecified atom stereocenters. The Kier molecular flexibility index (Phi) is 5.71. The number of benzene rings is 1. The molecule has 1 N–H and O–H groups in total. The lowest BCUT2D eigenvalue weighted by Gasteiger charge is -2.33. The summed E-state index contributed by atoms with van der Waals surface area (Å²) in [5.74, 6) is 0.280. The Hall–Kier alpha value is -2.63. The zero-order valence-corrected chi connectivity index (χ0v) is 15.1. The van der Waals surface area contributed by atoms with Crippen LogP contribution in [0.15, 0.2) is 42.6 Å². The summed E-state index contributed by atoms with van der Waals surface area (Å²) >= 11 is 0. The summed E-state index contributed by atoms with van der Waals surface area (Å²) in [6.07, 6.45) is 3.33. The zero-order valence-electron chi connectivity index (χ0n) is 15.1. The number of nitrogens with one attached hydrogen (secondary N) is 1. The largest absolute Gasteiger partial charge is 0.475 e. The molecule has 1 aliphatic rings. The van der Waals surface area contributed by atoms with E-state index in [9.17, 15) is 9.18 Å². The fourth-order valence-electron chi connectivity index (χ4n) is 3.01. The van der Waals surface area contributed by atoms with Gasteiger partial charge in [-0.25, -0.2) is 9.37 Å². The Morgan fingerprint density at radius 2 is 1.88 bits per heavy atom. The van der Waals surface area contributed by atoms with Gasteiger partial charge in [-0.05, 0) is 57.0 Å². The minimum atomic E-state index is -0.241. The number of pyridine rings is 1. The summed E-state index contributed by atoms with van der Waals surface area (Å²) in [6.45, 7) is 5.24. The van der Waals surface area contributed by atoms with Crippen molar-refractivity contribution in [3.8, 4) is 5.88 Å². The van der Waals surface area contributed by atoms with Gasteiger partial charge in [-0.2, -0.15) is 0 Å². The van der Waals surface area contributed by atoms with Crippen LogP contribution in [0.25, 0.3) is 0 Å². The van der Waals surface area contributed by atoms with Gasteiger partial charge in [0.15, 0.2) is 0 Å². The number of anilines is 1. The number of ether oxygens (including phenoxy) is 1. The van der Waals surface area contributed by atoms with Gasteiger partial charge in [0.1, 0.15) is 5.82 Å². The number of hydrogen-bond acceptors (Lipinski definition) is 4. The van der Waals surface area contributed by atoms with Crippen molar-refractivity contribution in [3.05, 3.63) is 54.0 Å². The molecule has 0 spiro atoms. The molecule has 0 atom stereocenters. The summed E-state index contributed by atoms with van der Waals surface area (Å²) < 4.78 is 18.5. The Labute approximate surface area is 153 Å². The normalized spacial score (nSPS) is 15.2. The molecule has 3 rings (SSSR count). The van der Waals surface area contributed by atoms with Crippen LogP contribution in [0.4, 0.5) is 10.1 Å². The maximum Gasteiger partial charge on any atom is 0.255 e. The molecule has 1 amide bonds. The Morgan fingerprint density at radius 1 is 1.19 bits per heavy atom. The van der Waals surface area contributed by atoms with Gasteiger partial charge in [-0.1, -0.05) is 0 Å². The number of likely N-dealkylation sites (tertiary alicyclic amines) is 1. The van der Waals surface area contributed by atoms with Crippen LogP contribution in [-0.2, 0) is 0 Å². The van der Waals surface area contributed by atoms with Gasteiger partial charge in [-0.3, -0.25) is 4.79 Å². The molecular formula is C20H24FN3O2. The van der Waals surface area contributed by atoms with Crippen LogP contribution in [0, 0.1) is 5.82 Å². The van der Waals surface area contributed by atoms with Gasteiger partial charge < -0.3 is 15.0 Å². The summed E-state index contributed by atoms with van der Waals surface area (Å²) in [6, 6.07) is 10.1. The van der Waals surface area contributed by atoms with Crippen LogP contribution >= 0.6 is 0 Å². The first kappa shape index (κ1) is 18.2. The first-order chi connectivity index (χ1) is 12.5. The van der Waals surface area contributed by atoms with Crippen molar-refractivity contribution in [1.82, 2.24) is 9.88 Å². The molecule has 138 valence electrons. The second-order valence-corrected chi connectivity index (χ2v) is 6.77. The number of carbonyl (C=O) groups excluding carboxylic acids is 1. The third kappa shape index (κ3) is 4.71. The van der Waals surface area contributed by atoms with E-state index in [-0.39, 0.29) is 23.9 Å². The second-order valence-electron chi connectivity index (χ2n) is 6.77. The number of piperidine rings is 1. The van der Waals surface area contributed by atoms with Gasteiger partial charge in [-0.15, -0.1) is 0 Å². The van der Waals surface area contributed by atoms with Crippen LogP contribution in [-0.4, -0.2) is 41.0 Å². The SMILES string of the molecule is CC(C)Oc1ccc(C(=O)N2CCC(Nc3ccc(F)cc3)CC2)cn1. The number of nitrogens with zero attached hydrogens (tertiary/aromatic N) is 2. The van der Waals surface area contributed by atoms with Crippen molar-refractivity contribution in [1.29, 1.82) is 0 Å². The Morgan fingerprint density at radius 3 is 2.46 bits per heavy atom. The van der Waals surface area contributed by atoms with Crippen LogP contribution < -0.4 is 10.1 Å². The third-order valence-electron chi connectivity index (χ3n) is 4.34. The maximum absolute atomic E-state index is 13.0. The molecule has 0 aliphatic carbocycles. The standard InChI is InChI=1S/C20H24FN3O2/c1-14(2)26-19-8-3-15(13-22-19)20(25)24-11-9-18(10-12-24)23-17-6-4-16(21)5-7-17/h3-8,13-14,18,23H,9-12H2,1-2H3. The van der Waals surface area contributed by atoms with Crippen LogP contribution in [0.1, 0.15) is 37.0 Å². The van der Waals surface area contributed by atoms with Gasteiger partial charge in [0.25, 0.3) is 5.91 Å². The van der Waals surface area contributed by atoms with Gasteiger partial charge in [0, 0.05) is 37.1 Å². The minimum Gasteiger partial charge on any atom is -0.475 e. The molecule has 1 aliphatic heterocycles. The van der Waals surface area contributed by atoms with Gasteiger partial charge in [0.05, 0.1) is 11.7 Å². The van der Waals surface area contributed by atoms with Crippen LogP contribution in [0.5, 0.6) is 5.88 Å². The highest BCUT2D eigenvalue weighted by Gasteiger charge is 2.23. The van der Waals surface area contributed by atoms with E-state index in [2.05, 4.69) is 10.3 Å². The average Bonchev–Trinajstić information content (AvgIpc) is 2.64. The van der Waals surface area contributed by atoms with Crippen molar-refractivity contribution in [3.63, 3.8) is 0 Å². The number of aromatic nitrogens is 1. The van der Waals surface area contributed by atoms with E-state index in [0.717, 1.165) is 18.5 Å². The summed E-state index contributed by atoms with van der Waals surface area (Å²) in [4.78, 5) is 18.7. The molecule has 6 heteroatoms.